The van der Waals surface area contributed by atoms with Crippen LogP contribution in [0.4, 0.5) is 0 Å². The summed E-state index contributed by atoms with van der Waals surface area (Å²) in [6, 6.07) is 4.61. The standard InChI is InChI=1S/C13H12O5/c1-7-3-4-9(17-7)6-11(15)12-10(14)5-8(2)18-13(12)16/h3-5,14H,6H2,1-2H3. The highest BCUT2D eigenvalue weighted by molar-refractivity contribution is 5.99. The zero-order valence-electron chi connectivity index (χ0n) is 10.0. The van der Waals surface area contributed by atoms with E-state index in [1.165, 1.54) is 13.0 Å². The summed E-state index contributed by atoms with van der Waals surface area (Å²) in [6.45, 7) is 3.27. The summed E-state index contributed by atoms with van der Waals surface area (Å²) in [5.41, 5.74) is -1.17. The van der Waals surface area contributed by atoms with Gasteiger partial charge in [-0.25, -0.2) is 4.79 Å². The molecular formula is C13H12O5. The molecule has 0 fully saturated rings. The first-order valence-electron chi connectivity index (χ1n) is 5.39. The van der Waals surface area contributed by atoms with Crippen molar-refractivity contribution in [2.24, 2.45) is 0 Å². The highest BCUT2D eigenvalue weighted by Gasteiger charge is 2.19. The summed E-state index contributed by atoms with van der Waals surface area (Å²) in [5.74, 6) is 0.477. The lowest BCUT2D eigenvalue weighted by molar-refractivity contribution is 0.0979. The van der Waals surface area contributed by atoms with E-state index in [2.05, 4.69) is 0 Å². The van der Waals surface area contributed by atoms with E-state index in [1.54, 1.807) is 19.1 Å². The number of hydrogen-bond donors (Lipinski definition) is 1. The first-order valence-corrected chi connectivity index (χ1v) is 5.39. The van der Waals surface area contributed by atoms with E-state index in [-0.39, 0.29) is 23.5 Å². The number of carbonyl (C=O) groups excluding carboxylic acids is 1. The molecule has 5 heteroatoms. The van der Waals surface area contributed by atoms with Crippen LogP contribution in [0.5, 0.6) is 5.75 Å². The smallest absolute Gasteiger partial charge is 0.350 e. The zero-order chi connectivity index (χ0) is 13.3. The summed E-state index contributed by atoms with van der Waals surface area (Å²) in [4.78, 5) is 23.4. The maximum Gasteiger partial charge on any atom is 0.350 e. The monoisotopic (exact) mass is 248 g/mol. The SMILES string of the molecule is Cc1ccc(CC(=O)c2c(O)cc(C)oc2=O)o1. The number of Topliss-reactive ketones (excluding diaryl/α,β-unsaturated/α-hetero) is 1. The van der Waals surface area contributed by atoms with Gasteiger partial charge in [-0.1, -0.05) is 0 Å². The van der Waals surface area contributed by atoms with Crippen LogP contribution in [0, 0.1) is 13.8 Å². The topological polar surface area (TPSA) is 80.6 Å². The summed E-state index contributed by atoms with van der Waals surface area (Å²) < 4.78 is 10.0. The molecule has 0 aliphatic heterocycles. The number of ketones is 1. The normalized spacial score (nSPS) is 10.6. The Morgan fingerprint density at radius 3 is 2.50 bits per heavy atom. The zero-order valence-corrected chi connectivity index (χ0v) is 10.0. The van der Waals surface area contributed by atoms with Gasteiger partial charge in [0.05, 0.1) is 6.42 Å². The second kappa shape index (κ2) is 4.52. The largest absolute Gasteiger partial charge is 0.507 e. The second-order valence-electron chi connectivity index (χ2n) is 4.02. The number of rotatable bonds is 3. The first-order chi connectivity index (χ1) is 8.47. The Morgan fingerprint density at radius 1 is 1.22 bits per heavy atom. The minimum absolute atomic E-state index is 0.0881. The van der Waals surface area contributed by atoms with Gasteiger partial charge in [-0.3, -0.25) is 4.79 Å². The molecule has 0 amide bonds. The van der Waals surface area contributed by atoms with Crippen LogP contribution in [0.2, 0.25) is 0 Å². The van der Waals surface area contributed by atoms with Gasteiger partial charge in [-0.2, -0.15) is 0 Å². The van der Waals surface area contributed by atoms with Crippen molar-refractivity contribution < 1.29 is 18.7 Å². The molecule has 0 saturated heterocycles. The number of aromatic hydroxyl groups is 1. The van der Waals surface area contributed by atoms with Gasteiger partial charge >= 0.3 is 5.63 Å². The van der Waals surface area contributed by atoms with Crippen molar-refractivity contribution in [3.05, 3.63) is 51.5 Å². The maximum atomic E-state index is 11.9. The first kappa shape index (κ1) is 12.2. The molecule has 0 radical (unpaired) electrons. The number of furan rings is 1. The van der Waals surface area contributed by atoms with Crippen LogP contribution in [0.3, 0.4) is 0 Å². The molecule has 0 aromatic carbocycles. The molecule has 5 nitrogen and oxygen atoms in total. The Labute approximate surface area is 103 Å². The van der Waals surface area contributed by atoms with Crippen LogP contribution in [0.1, 0.15) is 27.6 Å². The summed E-state index contributed by atoms with van der Waals surface area (Å²) >= 11 is 0. The summed E-state index contributed by atoms with van der Waals surface area (Å²) in [5, 5.41) is 9.61. The highest BCUT2D eigenvalue weighted by Crippen LogP contribution is 2.17. The van der Waals surface area contributed by atoms with Crippen LogP contribution >= 0.6 is 0 Å². The number of carbonyl (C=O) groups is 1. The van der Waals surface area contributed by atoms with Gasteiger partial charge in [-0.15, -0.1) is 0 Å². The van der Waals surface area contributed by atoms with E-state index in [0.29, 0.717) is 11.5 Å². The average molecular weight is 248 g/mol. The molecule has 2 aromatic heterocycles. The van der Waals surface area contributed by atoms with Crippen molar-refractivity contribution in [2.45, 2.75) is 20.3 Å². The molecule has 2 heterocycles. The summed E-state index contributed by atoms with van der Waals surface area (Å²) in [7, 11) is 0. The molecule has 1 N–H and O–H groups in total. The van der Waals surface area contributed by atoms with Crippen molar-refractivity contribution in [2.75, 3.05) is 0 Å². The predicted molar refractivity (Wildman–Crippen MR) is 62.9 cm³/mol. The molecule has 0 atom stereocenters. The average Bonchev–Trinajstić information content (AvgIpc) is 2.62. The van der Waals surface area contributed by atoms with Crippen molar-refractivity contribution in [1.82, 2.24) is 0 Å². The maximum absolute atomic E-state index is 11.9. The van der Waals surface area contributed by atoms with Gasteiger partial charge in [-0.05, 0) is 26.0 Å². The van der Waals surface area contributed by atoms with E-state index >= 15 is 0 Å². The molecule has 18 heavy (non-hydrogen) atoms. The van der Waals surface area contributed by atoms with Gasteiger partial charge in [0.15, 0.2) is 5.78 Å². The van der Waals surface area contributed by atoms with Gasteiger partial charge in [0.2, 0.25) is 0 Å². The lowest BCUT2D eigenvalue weighted by Gasteiger charge is -2.01. The fraction of sp³-hybridized carbons (Fsp3) is 0.231. The van der Waals surface area contributed by atoms with Crippen molar-refractivity contribution >= 4 is 5.78 Å². The van der Waals surface area contributed by atoms with Crippen LogP contribution < -0.4 is 5.63 Å². The Balaban J connectivity index is 2.32. The molecule has 2 aromatic rings. The van der Waals surface area contributed by atoms with Crippen molar-refractivity contribution in [1.29, 1.82) is 0 Å². The molecule has 0 aliphatic rings. The van der Waals surface area contributed by atoms with E-state index in [1.807, 2.05) is 0 Å². The molecule has 2 rings (SSSR count). The lowest BCUT2D eigenvalue weighted by atomic mass is 10.1. The van der Waals surface area contributed by atoms with Crippen LogP contribution in [-0.2, 0) is 6.42 Å². The Morgan fingerprint density at radius 2 is 1.94 bits per heavy atom. The second-order valence-corrected chi connectivity index (χ2v) is 4.02. The van der Waals surface area contributed by atoms with E-state index in [9.17, 15) is 14.7 Å². The molecule has 0 bridgehead atoms. The van der Waals surface area contributed by atoms with E-state index < -0.39 is 11.4 Å². The number of aryl methyl sites for hydroxylation is 2. The minimum atomic E-state index is -0.833. The van der Waals surface area contributed by atoms with E-state index in [0.717, 1.165) is 0 Å². The van der Waals surface area contributed by atoms with E-state index in [4.69, 9.17) is 8.83 Å². The quantitative estimate of drug-likeness (QED) is 0.840. The molecule has 0 spiro atoms. The Bertz CT molecular complexity index is 648. The Hall–Kier alpha value is -2.30. The van der Waals surface area contributed by atoms with Crippen molar-refractivity contribution in [3.8, 4) is 5.75 Å². The molecule has 0 aliphatic carbocycles. The third-order valence-electron chi connectivity index (χ3n) is 2.46. The number of hydrogen-bond acceptors (Lipinski definition) is 5. The van der Waals surface area contributed by atoms with Gasteiger partial charge < -0.3 is 13.9 Å². The third kappa shape index (κ3) is 2.34. The van der Waals surface area contributed by atoms with Crippen molar-refractivity contribution in [3.63, 3.8) is 0 Å². The van der Waals surface area contributed by atoms with Crippen LogP contribution in [-0.4, -0.2) is 10.9 Å². The van der Waals surface area contributed by atoms with Crippen LogP contribution in [0.25, 0.3) is 0 Å². The predicted octanol–water partition coefficient (Wildman–Crippen LogP) is 1.98. The molecule has 0 unspecified atom stereocenters. The Kier molecular flexibility index (Phi) is 3.06. The molecule has 0 saturated carbocycles. The highest BCUT2D eigenvalue weighted by atomic mass is 16.4. The fourth-order valence-corrected chi connectivity index (χ4v) is 1.68. The lowest BCUT2D eigenvalue weighted by Crippen LogP contribution is -2.16. The van der Waals surface area contributed by atoms with Gasteiger partial charge in [0.1, 0.15) is 28.6 Å². The molecule has 94 valence electrons. The molecular weight excluding hydrogens is 236 g/mol. The summed E-state index contributed by atoms with van der Waals surface area (Å²) in [6.07, 6.45) is -0.0881. The van der Waals surface area contributed by atoms with Gasteiger partial charge in [0.25, 0.3) is 0 Å². The fourth-order valence-electron chi connectivity index (χ4n) is 1.68. The van der Waals surface area contributed by atoms with Gasteiger partial charge in [0, 0.05) is 6.07 Å². The minimum Gasteiger partial charge on any atom is -0.507 e. The third-order valence-corrected chi connectivity index (χ3v) is 2.46. The van der Waals surface area contributed by atoms with Crippen LogP contribution in [0.15, 0.2) is 31.8 Å².